The maximum absolute atomic E-state index is 12.5. The Labute approximate surface area is 127 Å². The molecule has 0 spiro atoms. The van der Waals surface area contributed by atoms with Crippen molar-refractivity contribution in [1.82, 2.24) is 4.31 Å². The Morgan fingerprint density at radius 2 is 2.05 bits per heavy atom. The van der Waals surface area contributed by atoms with Crippen LogP contribution >= 0.6 is 15.9 Å². The first-order valence-corrected chi connectivity index (χ1v) is 8.10. The number of carbonyl (C=O) groups excluding carboxylic acids is 1. The van der Waals surface area contributed by atoms with E-state index in [4.69, 9.17) is 5.73 Å². The number of nitrogens with zero attached hydrogens (tertiary/aromatic N) is 1. The molecule has 0 saturated heterocycles. The molecule has 0 aliphatic rings. The lowest BCUT2D eigenvalue weighted by atomic mass is 10.2. The standard InChI is InChI=1S/C12H17BrN2O4S/c1-4-15(7-12(16)19-3)20(17,18)11-6-10(14)9(13)5-8(11)2/h5-6H,4,7,14H2,1-3H3. The van der Waals surface area contributed by atoms with Crippen LogP contribution in [0, 0.1) is 6.92 Å². The van der Waals surface area contributed by atoms with Crippen molar-refractivity contribution in [2.45, 2.75) is 18.7 Å². The van der Waals surface area contributed by atoms with Gasteiger partial charge in [0.2, 0.25) is 10.0 Å². The van der Waals surface area contributed by atoms with E-state index in [1.807, 2.05) is 0 Å². The number of likely N-dealkylation sites (N-methyl/N-ethyl adjacent to an activating group) is 1. The molecule has 0 heterocycles. The quantitative estimate of drug-likeness (QED) is 0.631. The molecule has 0 radical (unpaired) electrons. The van der Waals surface area contributed by atoms with Crippen LogP contribution in [0.1, 0.15) is 12.5 Å². The number of halogens is 1. The fourth-order valence-corrected chi connectivity index (χ4v) is 3.75. The van der Waals surface area contributed by atoms with E-state index in [0.29, 0.717) is 15.7 Å². The van der Waals surface area contributed by atoms with Crippen molar-refractivity contribution in [3.63, 3.8) is 0 Å². The normalized spacial score (nSPS) is 11.7. The summed E-state index contributed by atoms with van der Waals surface area (Å²) in [4.78, 5) is 11.4. The monoisotopic (exact) mass is 364 g/mol. The van der Waals surface area contributed by atoms with Crippen molar-refractivity contribution in [3.8, 4) is 0 Å². The van der Waals surface area contributed by atoms with Gasteiger partial charge in [-0.05, 0) is 40.5 Å². The van der Waals surface area contributed by atoms with E-state index in [1.165, 1.54) is 13.2 Å². The molecule has 0 amide bonds. The van der Waals surface area contributed by atoms with Gasteiger partial charge in [0.05, 0.1) is 12.0 Å². The van der Waals surface area contributed by atoms with Gasteiger partial charge in [-0.2, -0.15) is 4.31 Å². The highest BCUT2D eigenvalue weighted by molar-refractivity contribution is 9.10. The van der Waals surface area contributed by atoms with Crippen LogP contribution in [0.3, 0.4) is 0 Å². The van der Waals surface area contributed by atoms with Crippen LogP contribution in [-0.2, 0) is 19.6 Å². The Hall–Kier alpha value is -1.12. The fraction of sp³-hybridized carbons (Fsp3) is 0.417. The number of rotatable bonds is 5. The number of sulfonamides is 1. The Kier molecular flexibility index (Phi) is 5.55. The Morgan fingerprint density at radius 1 is 1.45 bits per heavy atom. The van der Waals surface area contributed by atoms with Crippen LogP contribution in [0.4, 0.5) is 5.69 Å². The molecule has 0 unspecified atom stereocenters. The summed E-state index contributed by atoms with van der Waals surface area (Å²) in [6.07, 6.45) is 0. The molecule has 0 atom stereocenters. The van der Waals surface area contributed by atoms with Gasteiger partial charge in [-0.3, -0.25) is 4.79 Å². The zero-order valence-corrected chi connectivity index (χ0v) is 13.9. The third-order valence-corrected chi connectivity index (χ3v) is 5.55. The summed E-state index contributed by atoms with van der Waals surface area (Å²) < 4.78 is 31.3. The molecule has 0 aromatic heterocycles. The summed E-state index contributed by atoms with van der Waals surface area (Å²) in [6.45, 7) is 3.15. The molecule has 1 rings (SSSR count). The van der Waals surface area contributed by atoms with Gasteiger partial charge in [0.1, 0.15) is 6.54 Å². The van der Waals surface area contributed by atoms with Crippen LogP contribution in [0.5, 0.6) is 0 Å². The number of nitrogens with two attached hydrogens (primary N) is 1. The second-order valence-corrected chi connectivity index (χ2v) is 6.91. The molecule has 6 nitrogen and oxygen atoms in total. The van der Waals surface area contributed by atoms with E-state index < -0.39 is 16.0 Å². The minimum Gasteiger partial charge on any atom is -0.468 e. The summed E-state index contributed by atoms with van der Waals surface area (Å²) >= 11 is 3.24. The van der Waals surface area contributed by atoms with Crippen molar-refractivity contribution in [2.75, 3.05) is 25.9 Å². The Balaban J connectivity index is 3.27. The SMILES string of the molecule is CCN(CC(=O)OC)S(=O)(=O)c1cc(N)c(Br)cc1C. The number of nitrogen functional groups attached to an aromatic ring is 1. The fourth-order valence-electron chi connectivity index (χ4n) is 1.66. The number of aryl methyl sites for hydroxylation is 1. The summed E-state index contributed by atoms with van der Waals surface area (Å²) in [5.41, 5.74) is 6.61. The second-order valence-electron chi connectivity index (χ2n) is 4.15. The van der Waals surface area contributed by atoms with Gasteiger partial charge in [-0.25, -0.2) is 8.42 Å². The van der Waals surface area contributed by atoms with Gasteiger partial charge in [0.15, 0.2) is 0 Å². The zero-order valence-electron chi connectivity index (χ0n) is 11.5. The van der Waals surface area contributed by atoms with E-state index in [2.05, 4.69) is 20.7 Å². The van der Waals surface area contributed by atoms with Crippen molar-refractivity contribution < 1.29 is 17.9 Å². The van der Waals surface area contributed by atoms with Crippen molar-refractivity contribution in [3.05, 3.63) is 22.2 Å². The number of benzene rings is 1. The maximum Gasteiger partial charge on any atom is 0.321 e. The number of anilines is 1. The van der Waals surface area contributed by atoms with Gasteiger partial charge in [0, 0.05) is 16.7 Å². The lowest BCUT2D eigenvalue weighted by molar-refractivity contribution is -0.140. The maximum atomic E-state index is 12.5. The molecule has 20 heavy (non-hydrogen) atoms. The van der Waals surface area contributed by atoms with Gasteiger partial charge >= 0.3 is 5.97 Å². The molecule has 0 bridgehead atoms. The lowest BCUT2D eigenvalue weighted by Gasteiger charge is -2.20. The van der Waals surface area contributed by atoms with E-state index in [-0.39, 0.29) is 18.0 Å². The molecule has 1 aromatic carbocycles. The number of methoxy groups -OCH3 is 1. The minimum atomic E-state index is -3.79. The Bertz CT molecular complexity index is 616. The highest BCUT2D eigenvalue weighted by atomic mass is 79.9. The number of carbonyl (C=O) groups is 1. The molecule has 0 fully saturated rings. The molecule has 0 aliphatic carbocycles. The molecule has 1 aromatic rings. The van der Waals surface area contributed by atoms with Crippen molar-refractivity contribution in [2.24, 2.45) is 0 Å². The molecule has 2 N–H and O–H groups in total. The van der Waals surface area contributed by atoms with E-state index in [0.717, 1.165) is 4.31 Å². The average molecular weight is 365 g/mol. The lowest BCUT2D eigenvalue weighted by Crippen LogP contribution is -2.36. The van der Waals surface area contributed by atoms with Gasteiger partial charge in [0.25, 0.3) is 0 Å². The van der Waals surface area contributed by atoms with Gasteiger partial charge < -0.3 is 10.5 Å². The summed E-state index contributed by atoms with van der Waals surface area (Å²) in [6, 6.07) is 3.02. The third-order valence-electron chi connectivity index (χ3n) is 2.80. The molecular weight excluding hydrogens is 348 g/mol. The average Bonchev–Trinajstić information content (AvgIpc) is 2.39. The van der Waals surface area contributed by atoms with Crippen molar-refractivity contribution >= 4 is 37.6 Å². The summed E-state index contributed by atoms with van der Waals surface area (Å²) in [7, 11) is -2.58. The molecule has 112 valence electrons. The van der Waals surface area contributed by atoms with Crippen LogP contribution in [0.15, 0.2) is 21.5 Å². The first-order valence-electron chi connectivity index (χ1n) is 5.86. The highest BCUT2D eigenvalue weighted by Crippen LogP contribution is 2.28. The minimum absolute atomic E-state index is 0.0870. The topological polar surface area (TPSA) is 89.7 Å². The predicted octanol–water partition coefficient (Wildman–Crippen LogP) is 1.52. The molecule has 0 aliphatic heterocycles. The van der Waals surface area contributed by atoms with Crippen LogP contribution in [0.2, 0.25) is 0 Å². The van der Waals surface area contributed by atoms with Crippen molar-refractivity contribution in [1.29, 1.82) is 0 Å². The first-order chi connectivity index (χ1) is 9.23. The largest absolute Gasteiger partial charge is 0.468 e. The number of hydrogen-bond donors (Lipinski definition) is 1. The predicted molar refractivity (Wildman–Crippen MR) is 79.7 cm³/mol. The first kappa shape index (κ1) is 16.9. The molecule has 0 saturated carbocycles. The summed E-state index contributed by atoms with van der Waals surface area (Å²) in [5.74, 6) is -0.613. The van der Waals surface area contributed by atoms with Gasteiger partial charge in [-0.15, -0.1) is 0 Å². The van der Waals surface area contributed by atoms with Crippen LogP contribution in [0.25, 0.3) is 0 Å². The zero-order chi connectivity index (χ0) is 15.5. The highest BCUT2D eigenvalue weighted by Gasteiger charge is 2.27. The Morgan fingerprint density at radius 3 is 2.55 bits per heavy atom. The molecular formula is C12H17BrN2O4S. The third kappa shape index (κ3) is 3.50. The van der Waals surface area contributed by atoms with E-state index >= 15 is 0 Å². The smallest absolute Gasteiger partial charge is 0.321 e. The number of esters is 1. The van der Waals surface area contributed by atoms with E-state index in [9.17, 15) is 13.2 Å². The summed E-state index contributed by atoms with van der Waals surface area (Å²) in [5, 5.41) is 0. The second kappa shape index (κ2) is 6.55. The number of hydrogen-bond acceptors (Lipinski definition) is 5. The van der Waals surface area contributed by atoms with Gasteiger partial charge in [-0.1, -0.05) is 6.92 Å². The van der Waals surface area contributed by atoms with Crippen LogP contribution < -0.4 is 5.73 Å². The van der Waals surface area contributed by atoms with E-state index in [1.54, 1.807) is 19.9 Å². The molecule has 8 heteroatoms. The van der Waals surface area contributed by atoms with Crippen LogP contribution in [-0.4, -0.2) is 38.9 Å². The number of ether oxygens (including phenoxy) is 1.